The van der Waals surface area contributed by atoms with Gasteiger partial charge in [-0.15, -0.1) is 0 Å². The molecule has 0 saturated carbocycles. The van der Waals surface area contributed by atoms with E-state index in [1.54, 1.807) is 0 Å². The summed E-state index contributed by atoms with van der Waals surface area (Å²) in [5, 5.41) is 36.6. The molecule has 1 aliphatic heterocycles. The van der Waals surface area contributed by atoms with E-state index in [0.29, 0.717) is 0 Å². The first-order valence-electron chi connectivity index (χ1n) is 4.67. The van der Waals surface area contributed by atoms with Gasteiger partial charge in [0.05, 0.1) is 6.61 Å². The summed E-state index contributed by atoms with van der Waals surface area (Å²) in [5.41, 5.74) is 0. The second-order valence-corrected chi connectivity index (χ2v) is 4.79. The van der Waals surface area contributed by atoms with Crippen molar-refractivity contribution in [2.75, 3.05) is 6.61 Å². The molecule has 0 aliphatic carbocycles. The SMILES string of the molecule is O=P(O)(O)O[C@H]1O[C@H](CO)[C@@H](O)[C@H](O)[C@H]1O.[O]=[V]=[O]. The third-order valence-electron chi connectivity index (χ3n) is 2.09. The fourth-order valence-electron chi connectivity index (χ4n) is 1.29. The summed E-state index contributed by atoms with van der Waals surface area (Å²) in [6.07, 6.45) is -8.25. The van der Waals surface area contributed by atoms with Gasteiger partial charge in [-0.25, -0.2) is 4.57 Å². The van der Waals surface area contributed by atoms with Gasteiger partial charge in [0, 0.05) is 0 Å². The van der Waals surface area contributed by atoms with Gasteiger partial charge in [0.1, 0.15) is 24.4 Å². The predicted octanol–water partition coefficient (Wildman–Crippen LogP) is -3.34. The van der Waals surface area contributed by atoms with E-state index >= 15 is 0 Å². The van der Waals surface area contributed by atoms with Crippen molar-refractivity contribution in [2.45, 2.75) is 30.7 Å². The third-order valence-corrected chi connectivity index (χ3v) is 2.57. The number of rotatable bonds is 3. The molecule has 0 radical (unpaired) electrons. The number of phosphoric ester groups is 1. The van der Waals surface area contributed by atoms with Crippen LogP contribution in [0.1, 0.15) is 0 Å². The molecule has 6 N–H and O–H groups in total. The second-order valence-electron chi connectivity index (χ2n) is 3.37. The van der Waals surface area contributed by atoms with Crippen LogP contribution in [0, 0.1) is 0 Å². The van der Waals surface area contributed by atoms with Gasteiger partial charge in [-0.2, -0.15) is 0 Å². The monoisotopic (exact) mass is 343 g/mol. The van der Waals surface area contributed by atoms with Gasteiger partial charge in [-0.05, 0) is 0 Å². The van der Waals surface area contributed by atoms with Crippen LogP contribution in [0.2, 0.25) is 0 Å². The minimum atomic E-state index is -4.91. The van der Waals surface area contributed by atoms with E-state index in [0.717, 1.165) is 0 Å². The molecule has 1 aliphatic rings. The molecule has 0 aromatic rings. The van der Waals surface area contributed by atoms with Gasteiger partial charge in [-0.3, -0.25) is 4.52 Å². The quantitative estimate of drug-likeness (QED) is 0.281. The summed E-state index contributed by atoms with van der Waals surface area (Å²) < 4.78 is 36.2. The Bertz CT molecular complexity index is 349. The van der Waals surface area contributed by atoms with Gasteiger partial charge in [0.2, 0.25) is 0 Å². The standard InChI is InChI=1S/C6H13O9P.2O.V/c7-1-2-3(8)4(9)5(10)6(14-2)15-16(11,12)13;;;/h2-10H,1H2,(H2,11,12,13);;;/t2-,3-,4+,5-,6-;;;/m1.../s1. The maximum atomic E-state index is 10.5. The Morgan fingerprint density at radius 1 is 1.11 bits per heavy atom. The molecular formula is C6H13O11PV. The molecule has 1 fully saturated rings. The first kappa shape index (κ1) is 19.1. The molecule has 0 unspecified atom stereocenters. The van der Waals surface area contributed by atoms with Crippen molar-refractivity contribution >= 4 is 7.82 Å². The van der Waals surface area contributed by atoms with Crippen LogP contribution in [0.15, 0.2) is 0 Å². The molecule has 0 aromatic carbocycles. The van der Waals surface area contributed by atoms with Crippen molar-refractivity contribution < 1.29 is 67.6 Å². The first-order valence-corrected chi connectivity index (χ1v) is 7.34. The van der Waals surface area contributed by atoms with Crippen molar-refractivity contribution in [1.82, 2.24) is 0 Å². The van der Waals surface area contributed by atoms with Crippen molar-refractivity contribution in [1.29, 1.82) is 0 Å². The Hall–Kier alpha value is 0.0944. The predicted molar refractivity (Wildman–Crippen MR) is 48.3 cm³/mol. The van der Waals surface area contributed by atoms with E-state index in [2.05, 4.69) is 9.26 Å². The fraction of sp³-hybridized carbons (Fsp3) is 1.00. The zero-order chi connectivity index (χ0) is 15.2. The average molecular weight is 343 g/mol. The van der Waals surface area contributed by atoms with E-state index in [-0.39, 0.29) is 0 Å². The van der Waals surface area contributed by atoms with Crippen molar-refractivity contribution in [3.63, 3.8) is 0 Å². The Morgan fingerprint density at radius 2 is 1.58 bits per heavy atom. The Balaban J connectivity index is 0.000000982. The zero-order valence-corrected chi connectivity index (χ0v) is 11.5. The van der Waals surface area contributed by atoms with Crippen molar-refractivity contribution in [2.24, 2.45) is 0 Å². The van der Waals surface area contributed by atoms with Crippen LogP contribution < -0.4 is 0 Å². The normalized spacial score (nSPS) is 34.9. The molecule has 0 spiro atoms. The molecule has 19 heavy (non-hydrogen) atoms. The third kappa shape index (κ3) is 6.38. The number of ether oxygens (including phenoxy) is 1. The molecule has 11 nitrogen and oxygen atoms in total. The molecule has 13 heteroatoms. The molecule has 5 atom stereocenters. The molecule has 1 saturated heterocycles. The number of hydrogen-bond donors (Lipinski definition) is 6. The summed E-state index contributed by atoms with van der Waals surface area (Å²) in [6.45, 7) is -0.702. The van der Waals surface area contributed by atoms with Gasteiger partial charge in [0.15, 0.2) is 6.29 Å². The van der Waals surface area contributed by atoms with Crippen LogP contribution >= 0.6 is 7.82 Å². The van der Waals surface area contributed by atoms with Crippen LogP contribution in [0.3, 0.4) is 0 Å². The van der Waals surface area contributed by atoms with E-state index in [4.69, 9.17) is 22.2 Å². The summed E-state index contributed by atoms with van der Waals surface area (Å²) in [4.78, 5) is 17.0. The molecule has 0 amide bonds. The van der Waals surface area contributed by atoms with E-state index in [9.17, 15) is 19.9 Å². The molecule has 113 valence electrons. The molecule has 0 aromatic heterocycles. The first-order chi connectivity index (χ1) is 8.67. The molecule has 0 bridgehead atoms. The minimum absolute atomic E-state index is 0.702. The van der Waals surface area contributed by atoms with Crippen LogP contribution in [0.4, 0.5) is 0 Å². The summed E-state index contributed by atoms with van der Waals surface area (Å²) in [7, 11) is -4.91. The van der Waals surface area contributed by atoms with E-state index in [1.165, 1.54) is 0 Å². The van der Waals surface area contributed by atoms with Crippen LogP contribution in [0.25, 0.3) is 0 Å². The van der Waals surface area contributed by atoms with Crippen LogP contribution in [-0.2, 0) is 37.4 Å². The van der Waals surface area contributed by atoms with Gasteiger partial charge < -0.3 is 34.9 Å². The topological polar surface area (TPSA) is 191 Å². The summed E-state index contributed by atoms with van der Waals surface area (Å²) in [5.74, 6) is 0. The van der Waals surface area contributed by atoms with Crippen LogP contribution in [0.5, 0.6) is 0 Å². The Labute approximate surface area is 113 Å². The summed E-state index contributed by atoms with van der Waals surface area (Å²) in [6, 6.07) is 0. The van der Waals surface area contributed by atoms with Gasteiger partial charge in [-0.1, -0.05) is 0 Å². The number of aliphatic hydroxyl groups excluding tert-OH is 4. The summed E-state index contributed by atoms with van der Waals surface area (Å²) >= 11 is -1.81. The zero-order valence-electron chi connectivity index (χ0n) is 9.21. The fourth-order valence-corrected chi connectivity index (χ4v) is 1.73. The second kappa shape index (κ2) is 8.40. The number of phosphoric acid groups is 1. The van der Waals surface area contributed by atoms with Crippen molar-refractivity contribution in [3.8, 4) is 0 Å². The molecular weight excluding hydrogens is 330 g/mol. The number of hydrogen-bond acceptors (Lipinski definition) is 9. The van der Waals surface area contributed by atoms with Gasteiger partial charge in [0.25, 0.3) is 0 Å². The van der Waals surface area contributed by atoms with E-state index < -0.39 is 61.3 Å². The Kier molecular flexibility index (Phi) is 8.44. The Morgan fingerprint density at radius 3 is 1.95 bits per heavy atom. The van der Waals surface area contributed by atoms with E-state index in [1.807, 2.05) is 0 Å². The van der Waals surface area contributed by atoms with Gasteiger partial charge >= 0.3 is 31.4 Å². The average Bonchev–Trinajstić information content (AvgIpc) is 2.29. The maximum absolute atomic E-state index is 10.5. The van der Waals surface area contributed by atoms with Crippen molar-refractivity contribution in [3.05, 3.63) is 0 Å². The van der Waals surface area contributed by atoms with Crippen LogP contribution in [-0.4, -0.2) is 67.5 Å². The molecule has 1 rings (SSSR count). The molecule has 1 heterocycles. The number of aliphatic hydroxyl groups is 4.